The standard InChI is InChI=1S/C10H16F3N3O4/c11-10(12,13)6-20-9(18)15-1-2-16-3-4-19-7(5-16)8(14)17/h7H,1-6H2,(H2,14,17)(H,15,18). The lowest BCUT2D eigenvalue weighted by atomic mass is 10.2. The Morgan fingerprint density at radius 1 is 1.45 bits per heavy atom. The maximum Gasteiger partial charge on any atom is 0.422 e. The van der Waals surface area contributed by atoms with Crippen LogP contribution < -0.4 is 11.1 Å². The fraction of sp³-hybridized carbons (Fsp3) is 0.800. The van der Waals surface area contributed by atoms with Gasteiger partial charge in [0.2, 0.25) is 5.91 Å². The summed E-state index contributed by atoms with van der Waals surface area (Å²) in [5, 5.41) is 2.19. The number of nitrogens with two attached hydrogens (primary N) is 1. The maximum absolute atomic E-state index is 11.8. The van der Waals surface area contributed by atoms with Crippen LogP contribution in [-0.4, -0.2) is 68.6 Å². The zero-order valence-electron chi connectivity index (χ0n) is 10.6. The number of alkyl halides is 3. The molecule has 20 heavy (non-hydrogen) atoms. The van der Waals surface area contributed by atoms with Crippen molar-refractivity contribution in [1.82, 2.24) is 10.2 Å². The molecule has 0 aromatic rings. The Kier molecular flexibility index (Phi) is 6.02. The molecule has 0 saturated carbocycles. The Balaban J connectivity index is 2.17. The van der Waals surface area contributed by atoms with Crippen LogP contribution in [0.25, 0.3) is 0 Å². The first kappa shape index (κ1) is 16.5. The SMILES string of the molecule is NC(=O)C1CN(CCNC(=O)OCC(F)(F)F)CCO1. The van der Waals surface area contributed by atoms with Crippen molar-refractivity contribution in [3.63, 3.8) is 0 Å². The molecule has 1 saturated heterocycles. The monoisotopic (exact) mass is 299 g/mol. The van der Waals surface area contributed by atoms with E-state index in [-0.39, 0.29) is 13.1 Å². The van der Waals surface area contributed by atoms with Crippen LogP contribution in [0.2, 0.25) is 0 Å². The van der Waals surface area contributed by atoms with Gasteiger partial charge in [0.25, 0.3) is 0 Å². The molecule has 0 aliphatic carbocycles. The average Bonchev–Trinajstić information content (AvgIpc) is 2.36. The van der Waals surface area contributed by atoms with Gasteiger partial charge in [-0.2, -0.15) is 13.2 Å². The van der Waals surface area contributed by atoms with Crippen LogP contribution >= 0.6 is 0 Å². The van der Waals surface area contributed by atoms with Gasteiger partial charge in [-0.1, -0.05) is 0 Å². The average molecular weight is 299 g/mol. The Morgan fingerprint density at radius 3 is 2.75 bits per heavy atom. The summed E-state index contributed by atoms with van der Waals surface area (Å²) in [6.07, 6.45) is -6.39. The summed E-state index contributed by atoms with van der Waals surface area (Å²) in [5.74, 6) is -0.577. The van der Waals surface area contributed by atoms with Gasteiger partial charge in [0.05, 0.1) is 6.61 Å². The number of nitrogens with one attached hydrogen (secondary N) is 1. The topological polar surface area (TPSA) is 93.9 Å². The van der Waals surface area contributed by atoms with Crippen molar-refractivity contribution in [1.29, 1.82) is 0 Å². The third-order valence-corrected chi connectivity index (χ3v) is 2.53. The lowest BCUT2D eigenvalue weighted by Crippen LogP contribution is -2.50. The minimum absolute atomic E-state index is 0.0994. The molecule has 0 bridgehead atoms. The van der Waals surface area contributed by atoms with Crippen LogP contribution in [0.5, 0.6) is 0 Å². The van der Waals surface area contributed by atoms with Crippen molar-refractivity contribution in [2.45, 2.75) is 12.3 Å². The van der Waals surface area contributed by atoms with Gasteiger partial charge < -0.3 is 20.5 Å². The number of morpholine rings is 1. The van der Waals surface area contributed by atoms with Crippen LogP contribution in [0.3, 0.4) is 0 Å². The second kappa shape index (κ2) is 7.29. The Labute approximate surface area is 113 Å². The van der Waals surface area contributed by atoms with Crippen molar-refractivity contribution in [2.24, 2.45) is 5.73 Å². The van der Waals surface area contributed by atoms with E-state index in [2.05, 4.69) is 10.1 Å². The van der Waals surface area contributed by atoms with Gasteiger partial charge >= 0.3 is 12.3 Å². The molecule has 1 rings (SSSR count). The molecule has 1 fully saturated rings. The lowest BCUT2D eigenvalue weighted by Gasteiger charge is -2.31. The molecule has 0 aromatic heterocycles. The van der Waals surface area contributed by atoms with Crippen molar-refractivity contribution in [2.75, 3.05) is 39.4 Å². The van der Waals surface area contributed by atoms with E-state index in [1.54, 1.807) is 0 Å². The number of carbonyl (C=O) groups is 2. The molecule has 1 heterocycles. The molecule has 3 N–H and O–H groups in total. The molecular weight excluding hydrogens is 283 g/mol. The number of hydrogen-bond donors (Lipinski definition) is 2. The Morgan fingerprint density at radius 2 is 2.15 bits per heavy atom. The zero-order valence-corrected chi connectivity index (χ0v) is 10.6. The van der Waals surface area contributed by atoms with Crippen LogP contribution in [0.4, 0.5) is 18.0 Å². The van der Waals surface area contributed by atoms with Gasteiger partial charge in [-0.15, -0.1) is 0 Å². The van der Waals surface area contributed by atoms with Gasteiger partial charge in [0, 0.05) is 26.2 Å². The van der Waals surface area contributed by atoms with E-state index in [1.165, 1.54) is 0 Å². The normalized spacial score (nSPS) is 20.4. The fourth-order valence-corrected chi connectivity index (χ4v) is 1.59. The van der Waals surface area contributed by atoms with E-state index in [9.17, 15) is 22.8 Å². The number of hydrogen-bond acceptors (Lipinski definition) is 5. The highest BCUT2D eigenvalue weighted by molar-refractivity contribution is 5.79. The third kappa shape index (κ3) is 6.57. The molecule has 1 aliphatic rings. The van der Waals surface area contributed by atoms with Gasteiger partial charge in [-0.05, 0) is 0 Å². The van der Waals surface area contributed by atoms with Crippen LogP contribution in [-0.2, 0) is 14.3 Å². The second-order valence-corrected chi connectivity index (χ2v) is 4.18. The van der Waals surface area contributed by atoms with Crippen molar-refractivity contribution < 1.29 is 32.2 Å². The molecule has 1 aliphatic heterocycles. The Bertz CT molecular complexity index is 351. The minimum atomic E-state index is -4.55. The highest BCUT2D eigenvalue weighted by Crippen LogP contribution is 2.14. The second-order valence-electron chi connectivity index (χ2n) is 4.18. The lowest BCUT2D eigenvalue weighted by molar-refractivity contribution is -0.160. The molecule has 116 valence electrons. The van der Waals surface area contributed by atoms with E-state index in [4.69, 9.17) is 10.5 Å². The van der Waals surface area contributed by atoms with E-state index < -0.39 is 30.9 Å². The molecule has 0 spiro atoms. The van der Waals surface area contributed by atoms with Crippen LogP contribution in [0.15, 0.2) is 0 Å². The summed E-state index contributed by atoms with van der Waals surface area (Å²) in [4.78, 5) is 23.7. The maximum atomic E-state index is 11.8. The van der Waals surface area contributed by atoms with Crippen molar-refractivity contribution >= 4 is 12.0 Å². The molecule has 10 heteroatoms. The summed E-state index contributed by atoms with van der Waals surface area (Å²) in [7, 11) is 0. The highest BCUT2D eigenvalue weighted by atomic mass is 19.4. The fourth-order valence-electron chi connectivity index (χ4n) is 1.59. The number of alkyl carbamates (subject to hydrolysis) is 1. The van der Waals surface area contributed by atoms with E-state index in [0.29, 0.717) is 19.7 Å². The number of rotatable bonds is 5. The van der Waals surface area contributed by atoms with E-state index >= 15 is 0 Å². The molecule has 2 amide bonds. The number of amides is 2. The molecular formula is C10H16F3N3O4. The molecule has 1 atom stereocenters. The third-order valence-electron chi connectivity index (χ3n) is 2.53. The number of halogens is 3. The predicted octanol–water partition coefficient (Wildman–Crippen LogP) is -0.539. The number of carbonyl (C=O) groups excluding carboxylic acids is 2. The van der Waals surface area contributed by atoms with E-state index in [0.717, 1.165) is 0 Å². The highest BCUT2D eigenvalue weighted by Gasteiger charge is 2.29. The molecule has 0 aromatic carbocycles. The van der Waals surface area contributed by atoms with E-state index in [1.807, 2.05) is 4.90 Å². The first-order chi connectivity index (χ1) is 9.28. The van der Waals surface area contributed by atoms with Gasteiger partial charge in [-0.25, -0.2) is 4.79 Å². The minimum Gasteiger partial charge on any atom is -0.440 e. The van der Waals surface area contributed by atoms with Gasteiger partial charge in [0.1, 0.15) is 6.10 Å². The first-order valence-electron chi connectivity index (χ1n) is 5.88. The summed E-state index contributed by atoms with van der Waals surface area (Å²) in [6.45, 7) is -0.0135. The van der Waals surface area contributed by atoms with Crippen molar-refractivity contribution in [3.8, 4) is 0 Å². The molecule has 1 unspecified atom stereocenters. The van der Waals surface area contributed by atoms with Gasteiger partial charge in [0.15, 0.2) is 6.61 Å². The molecule has 0 radical (unpaired) electrons. The predicted molar refractivity (Wildman–Crippen MR) is 60.8 cm³/mol. The van der Waals surface area contributed by atoms with Gasteiger partial charge in [-0.3, -0.25) is 9.69 Å². The summed E-state index contributed by atoms with van der Waals surface area (Å²) in [5.41, 5.74) is 5.10. The van der Waals surface area contributed by atoms with Crippen molar-refractivity contribution in [3.05, 3.63) is 0 Å². The largest absolute Gasteiger partial charge is 0.440 e. The summed E-state index contributed by atoms with van der Waals surface area (Å²) in [6, 6.07) is 0. The Hall–Kier alpha value is -1.55. The smallest absolute Gasteiger partial charge is 0.422 e. The molecule has 7 nitrogen and oxygen atoms in total. The number of nitrogens with zero attached hydrogens (tertiary/aromatic N) is 1. The summed E-state index contributed by atoms with van der Waals surface area (Å²) >= 11 is 0. The number of ether oxygens (including phenoxy) is 2. The van der Waals surface area contributed by atoms with Crippen LogP contribution in [0.1, 0.15) is 0 Å². The number of primary amides is 1. The quantitative estimate of drug-likeness (QED) is 0.711. The summed E-state index contributed by atoms with van der Waals surface area (Å²) < 4.78 is 44.4. The first-order valence-corrected chi connectivity index (χ1v) is 5.88. The van der Waals surface area contributed by atoms with Crippen LogP contribution in [0, 0.1) is 0 Å². The zero-order chi connectivity index (χ0) is 15.2.